The molecule has 2 aromatic heterocycles. The Labute approximate surface area is 125 Å². The van der Waals surface area contributed by atoms with Crippen LogP contribution in [0.15, 0.2) is 53.9 Å². The van der Waals surface area contributed by atoms with Gasteiger partial charge in [0.15, 0.2) is 0 Å². The fraction of sp³-hybridized carbons (Fsp3) is 0.0714. The van der Waals surface area contributed by atoms with Crippen LogP contribution in [0.2, 0.25) is 0 Å². The highest BCUT2D eigenvalue weighted by Gasteiger charge is 2.00. The fourth-order valence-corrected chi connectivity index (χ4v) is 2.86. The second kappa shape index (κ2) is 5.94. The molecule has 1 aromatic carbocycles. The Bertz CT molecular complexity index is 768. The standard InChI is InChI=1S/C14H12N4S2/c19-14-17-15-10-18(14)16-9-13-7-6-12(20-13)8-11-4-2-1-3-5-11/h1-7,9-10H,8H2,(H,17,19)/b16-9-. The van der Waals surface area contributed by atoms with Gasteiger partial charge in [0.05, 0.1) is 6.21 Å². The van der Waals surface area contributed by atoms with E-state index in [0.717, 1.165) is 11.3 Å². The van der Waals surface area contributed by atoms with Gasteiger partial charge in [-0.15, -0.1) is 11.3 Å². The van der Waals surface area contributed by atoms with Crippen molar-refractivity contribution in [2.24, 2.45) is 5.10 Å². The minimum Gasteiger partial charge on any atom is -0.250 e. The molecule has 1 N–H and O–H groups in total. The highest BCUT2D eigenvalue weighted by molar-refractivity contribution is 7.71. The van der Waals surface area contributed by atoms with E-state index in [0.29, 0.717) is 4.77 Å². The first-order chi connectivity index (χ1) is 9.81. The summed E-state index contributed by atoms with van der Waals surface area (Å²) in [6.07, 6.45) is 4.30. The normalized spacial score (nSPS) is 11.2. The average Bonchev–Trinajstić information content (AvgIpc) is 3.07. The van der Waals surface area contributed by atoms with E-state index < -0.39 is 0 Å². The highest BCUT2D eigenvalue weighted by Crippen LogP contribution is 2.18. The summed E-state index contributed by atoms with van der Waals surface area (Å²) in [5.41, 5.74) is 1.31. The third-order valence-corrected chi connectivity index (χ3v) is 4.05. The van der Waals surface area contributed by atoms with E-state index in [1.165, 1.54) is 15.1 Å². The lowest BCUT2D eigenvalue weighted by Crippen LogP contribution is -1.86. The number of aromatic amines is 1. The van der Waals surface area contributed by atoms with Crippen molar-refractivity contribution in [2.45, 2.75) is 6.42 Å². The van der Waals surface area contributed by atoms with Gasteiger partial charge in [-0.25, -0.2) is 0 Å². The lowest BCUT2D eigenvalue weighted by Gasteiger charge is -1.96. The summed E-state index contributed by atoms with van der Waals surface area (Å²) < 4.78 is 2.02. The number of benzene rings is 1. The molecule has 0 fully saturated rings. The van der Waals surface area contributed by atoms with Crippen LogP contribution in [0.5, 0.6) is 0 Å². The minimum atomic E-state index is 0.488. The summed E-state index contributed by atoms with van der Waals surface area (Å²) in [7, 11) is 0. The van der Waals surface area contributed by atoms with E-state index >= 15 is 0 Å². The summed E-state index contributed by atoms with van der Waals surface area (Å²) in [5, 5.41) is 10.7. The molecule has 4 nitrogen and oxygen atoms in total. The number of thiophene rings is 1. The Morgan fingerprint density at radius 2 is 2.10 bits per heavy atom. The Hall–Kier alpha value is -2.05. The molecule has 100 valence electrons. The van der Waals surface area contributed by atoms with Gasteiger partial charge in [0.2, 0.25) is 4.77 Å². The number of hydrogen-bond donors (Lipinski definition) is 1. The molecule has 0 saturated heterocycles. The number of rotatable bonds is 4. The van der Waals surface area contributed by atoms with Gasteiger partial charge >= 0.3 is 0 Å². The van der Waals surface area contributed by atoms with Crippen LogP contribution in [-0.4, -0.2) is 21.1 Å². The molecule has 0 unspecified atom stereocenters. The molecule has 0 spiro atoms. The third kappa shape index (κ3) is 3.09. The Kier molecular flexibility index (Phi) is 3.85. The van der Waals surface area contributed by atoms with E-state index in [2.05, 4.69) is 51.7 Å². The molecule has 20 heavy (non-hydrogen) atoms. The molecule has 3 rings (SSSR count). The van der Waals surface area contributed by atoms with E-state index in [1.807, 2.05) is 6.07 Å². The summed E-state index contributed by atoms with van der Waals surface area (Å²) >= 11 is 6.76. The zero-order valence-corrected chi connectivity index (χ0v) is 12.2. The van der Waals surface area contributed by atoms with E-state index in [9.17, 15) is 0 Å². The second-order valence-corrected chi connectivity index (χ2v) is 5.80. The van der Waals surface area contributed by atoms with Crippen LogP contribution in [0.1, 0.15) is 15.3 Å². The summed E-state index contributed by atoms with van der Waals surface area (Å²) in [5.74, 6) is 0. The smallest absolute Gasteiger partial charge is 0.216 e. The first-order valence-corrected chi connectivity index (χ1v) is 7.33. The molecule has 0 bridgehead atoms. The van der Waals surface area contributed by atoms with Crippen LogP contribution >= 0.6 is 23.6 Å². The van der Waals surface area contributed by atoms with Crippen molar-refractivity contribution in [3.8, 4) is 0 Å². The van der Waals surface area contributed by atoms with Gasteiger partial charge in [0, 0.05) is 16.2 Å². The van der Waals surface area contributed by atoms with E-state index in [-0.39, 0.29) is 0 Å². The largest absolute Gasteiger partial charge is 0.250 e. The number of H-pyrrole nitrogens is 1. The Morgan fingerprint density at radius 1 is 1.25 bits per heavy atom. The van der Waals surface area contributed by atoms with Crippen LogP contribution in [0, 0.1) is 4.77 Å². The average molecular weight is 300 g/mol. The first kappa shape index (κ1) is 13.0. The van der Waals surface area contributed by atoms with Crippen LogP contribution in [0.3, 0.4) is 0 Å². The van der Waals surface area contributed by atoms with Crippen LogP contribution < -0.4 is 0 Å². The number of hydrogen-bond acceptors (Lipinski definition) is 4. The van der Waals surface area contributed by atoms with Crippen molar-refractivity contribution in [3.05, 3.63) is 68.9 Å². The van der Waals surface area contributed by atoms with Crippen LogP contribution in [0.25, 0.3) is 0 Å². The quantitative estimate of drug-likeness (QED) is 0.592. The van der Waals surface area contributed by atoms with Gasteiger partial charge in [0.25, 0.3) is 0 Å². The topological polar surface area (TPSA) is 46.0 Å². The Morgan fingerprint density at radius 3 is 2.85 bits per heavy atom. The molecule has 6 heteroatoms. The van der Waals surface area contributed by atoms with Gasteiger partial charge in [0.1, 0.15) is 6.33 Å². The molecular formula is C14H12N4S2. The predicted octanol–water partition coefficient (Wildman–Crippen LogP) is 3.48. The fourth-order valence-electron chi connectivity index (χ4n) is 1.80. The molecule has 2 heterocycles. The lowest BCUT2D eigenvalue weighted by molar-refractivity contribution is 0.863. The molecule has 0 aliphatic rings. The number of aromatic nitrogens is 3. The van der Waals surface area contributed by atoms with Crippen LogP contribution in [0.4, 0.5) is 0 Å². The number of nitrogens with one attached hydrogen (secondary N) is 1. The molecule has 0 saturated carbocycles. The Balaban J connectivity index is 1.73. The van der Waals surface area contributed by atoms with E-state index in [1.54, 1.807) is 23.9 Å². The predicted molar refractivity (Wildman–Crippen MR) is 84.0 cm³/mol. The molecule has 0 amide bonds. The van der Waals surface area contributed by atoms with Gasteiger partial charge in [-0.3, -0.25) is 5.10 Å². The molecule has 0 atom stereocenters. The van der Waals surface area contributed by atoms with E-state index in [4.69, 9.17) is 12.2 Å². The number of nitrogens with zero attached hydrogens (tertiary/aromatic N) is 3. The molecular weight excluding hydrogens is 288 g/mol. The van der Waals surface area contributed by atoms with Gasteiger partial charge in [-0.1, -0.05) is 30.3 Å². The zero-order chi connectivity index (χ0) is 13.8. The van der Waals surface area contributed by atoms with Crippen molar-refractivity contribution in [1.82, 2.24) is 14.9 Å². The van der Waals surface area contributed by atoms with Gasteiger partial charge in [-0.05, 0) is 29.9 Å². The molecule has 3 aromatic rings. The third-order valence-electron chi connectivity index (χ3n) is 2.75. The van der Waals surface area contributed by atoms with Crippen molar-refractivity contribution < 1.29 is 0 Å². The summed E-state index contributed by atoms with van der Waals surface area (Å²) in [6, 6.07) is 14.6. The zero-order valence-electron chi connectivity index (χ0n) is 10.6. The van der Waals surface area contributed by atoms with Crippen LogP contribution in [-0.2, 0) is 6.42 Å². The summed E-state index contributed by atoms with van der Waals surface area (Å²) in [6.45, 7) is 0. The molecule has 0 radical (unpaired) electrons. The van der Waals surface area contributed by atoms with Gasteiger partial charge in [-0.2, -0.15) is 14.9 Å². The second-order valence-electron chi connectivity index (χ2n) is 4.22. The monoisotopic (exact) mass is 300 g/mol. The molecule has 0 aliphatic heterocycles. The summed E-state index contributed by atoms with van der Waals surface area (Å²) in [4.78, 5) is 2.41. The molecule has 0 aliphatic carbocycles. The van der Waals surface area contributed by atoms with Crippen molar-refractivity contribution in [3.63, 3.8) is 0 Å². The lowest BCUT2D eigenvalue weighted by atomic mass is 10.1. The maximum absolute atomic E-state index is 5.03. The van der Waals surface area contributed by atoms with Crippen molar-refractivity contribution in [2.75, 3.05) is 0 Å². The minimum absolute atomic E-state index is 0.488. The maximum atomic E-state index is 5.03. The van der Waals surface area contributed by atoms with Crippen molar-refractivity contribution >= 4 is 29.8 Å². The van der Waals surface area contributed by atoms with Gasteiger partial charge < -0.3 is 0 Å². The maximum Gasteiger partial charge on any atom is 0.216 e. The van der Waals surface area contributed by atoms with Crippen molar-refractivity contribution in [1.29, 1.82) is 0 Å². The first-order valence-electron chi connectivity index (χ1n) is 6.10. The highest BCUT2D eigenvalue weighted by atomic mass is 32.1. The SMILES string of the molecule is S=c1[nH]ncn1/N=C\c1ccc(Cc2ccccc2)s1.